The molecule has 0 aliphatic heterocycles. The van der Waals surface area contributed by atoms with E-state index in [9.17, 15) is 15.0 Å². The average molecular weight is 329 g/mol. The lowest BCUT2D eigenvalue weighted by atomic mass is 10.1. The number of carbonyl (C=O) groups is 1. The molecule has 0 fully saturated rings. The highest BCUT2D eigenvalue weighted by Gasteiger charge is 2.21. The Morgan fingerprint density at radius 2 is 2.00 bits per heavy atom. The van der Waals surface area contributed by atoms with Crippen molar-refractivity contribution in [1.29, 1.82) is 5.26 Å². The fraction of sp³-hybridized carbons (Fsp3) is 0.188. The topological polar surface area (TPSA) is 125 Å². The van der Waals surface area contributed by atoms with Crippen LogP contribution in [0, 0.1) is 11.5 Å². The van der Waals surface area contributed by atoms with Crippen molar-refractivity contribution in [2.75, 3.05) is 0 Å². The summed E-state index contributed by atoms with van der Waals surface area (Å²) < 4.78 is 4.74. The summed E-state index contributed by atoms with van der Waals surface area (Å²) in [5.41, 5.74) is 3.19. The van der Waals surface area contributed by atoms with Gasteiger partial charge in [-0.2, -0.15) is 0 Å². The number of aliphatic hydroxyl groups excluding tert-OH is 2. The molecule has 0 unspecified atom stereocenters. The Hall–Kier alpha value is -2.99. The molecule has 8 heteroatoms. The minimum absolute atomic E-state index is 0.113. The molecule has 0 spiro atoms. The summed E-state index contributed by atoms with van der Waals surface area (Å²) in [5.74, 6) is -0.956. The summed E-state index contributed by atoms with van der Waals surface area (Å²) in [7, 11) is 0. The van der Waals surface area contributed by atoms with Crippen LogP contribution in [0.3, 0.4) is 0 Å². The van der Waals surface area contributed by atoms with Gasteiger partial charge < -0.3 is 14.9 Å². The van der Waals surface area contributed by atoms with E-state index in [4.69, 9.17) is 14.8 Å². The second-order valence-corrected chi connectivity index (χ2v) is 4.65. The van der Waals surface area contributed by atoms with Gasteiger partial charge in [-0.15, -0.1) is 5.26 Å². The standard InChI is InChI=1S/C16H15N3O5/c17-10-23-15-13(8-21)12(7-20)6-18-14(15)16(22)19-24-9-11-4-2-1-3-5-11/h1-6,20-21H,7-9H2,(H,19,22). The Morgan fingerprint density at radius 1 is 1.25 bits per heavy atom. The summed E-state index contributed by atoms with van der Waals surface area (Å²) in [6.07, 6.45) is 2.66. The van der Waals surface area contributed by atoms with Crippen molar-refractivity contribution in [2.45, 2.75) is 19.8 Å². The normalized spacial score (nSPS) is 10.0. The number of nitriles is 1. The first-order chi connectivity index (χ1) is 11.7. The van der Waals surface area contributed by atoms with E-state index in [1.165, 1.54) is 12.5 Å². The number of amides is 1. The van der Waals surface area contributed by atoms with E-state index >= 15 is 0 Å². The number of hydrogen-bond acceptors (Lipinski definition) is 7. The average Bonchev–Trinajstić information content (AvgIpc) is 2.62. The van der Waals surface area contributed by atoms with E-state index in [1.54, 1.807) is 0 Å². The first-order valence-corrected chi connectivity index (χ1v) is 6.95. The maximum atomic E-state index is 12.2. The molecule has 0 bridgehead atoms. The zero-order chi connectivity index (χ0) is 17.4. The first-order valence-electron chi connectivity index (χ1n) is 6.95. The third-order valence-electron chi connectivity index (χ3n) is 3.16. The van der Waals surface area contributed by atoms with Gasteiger partial charge in [0.15, 0.2) is 11.4 Å². The highest BCUT2D eigenvalue weighted by atomic mass is 16.6. The van der Waals surface area contributed by atoms with E-state index in [0.717, 1.165) is 5.56 Å². The molecular formula is C16H15N3O5. The van der Waals surface area contributed by atoms with E-state index < -0.39 is 19.1 Å². The minimum Gasteiger partial charge on any atom is -0.392 e. The van der Waals surface area contributed by atoms with E-state index in [1.807, 2.05) is 30.3 Å². The van der Waals surface area contributed by atoms with Gasteiger partial charge in [0, 0.05) is 17.3 Å². The van der Waals surface area contributed by atoms with Crippen molar-refractivity contribution in [1.82, 2.24) is 10.5 Å². The monoisotopic (exact) mass is 329 g/mol. The highest BCUT2D eigenvalue weighted by Crippen LogP contribution is 2.26. The van der Waals surface area contributed by atoms with Gasteiger partial charge in [-0.25, -0.2) is 10.5 Å². The van der Waals surface area contributed by atoms with Crippen LogP contribution in [-0.2, 0) is 24.7 Å². The number of nitrogens with zero attached hydrogens (tertiary/aromatic N) is 2. The predicted octanol–water partition coefficient (Wildman–Crippen LogP) is 0.788. The molecule has 0 radical (unpaired) electrons. The number of hydrogen-bond donors (Lipinski definition) is 3. The van der Waals surface area contributed by atoms with E-state index in [0.29, 0.717) is 0 Å². The van der Waals surface area contributed by atoms with Crippen LogP contribution < -0.4 is 10.2 Å². The van der Waals surface area contributed by atoms with Crippen molar-refractivity contribution in [3.8, 4) is 12.0 Å². The number of pyridine rings is 1. The molecule has 124 valence electrons. The third kappa shape index (κ3) is 4.05. The summed E-state index contributed by atoms with van der Waals surface area (Å²) in [4.78, 5) is 21.1. The number of aromatic nitrogens is 1. The Kier molecular flexibility index (Phi) is 6.22. The van der Waals surface area contributed by atoms with Gasteiger partial charge in [-0.3, -0.25) is 9.63 Å². The van der Waals surface area contributed by atoms with Crippen molar-refractivity contribution in [3.05, 3.63) is 58.9 Å². The van der Waals surface area contributed by atoms with E-state index in [-0.39, 0.29) is 29.2 Å². The van der Waals surface area contributed by atoms with Gasteiger partial charge in [0.25, 0.3) is 12.2 Å². The predicted molar refractivity (Wildman–Crippen MR) is 81.0 cm³/mol. The Bertz CT molecular complexity index is 743. The van der Waals surface area contributed by atoms with Crippen molar-refractivity contribution in [3.63, 3.8) is 0 Å². The SMILES string of the molecule is N#COc1c(C(=O)NOCc2ccccc2)ncc(CO)c1CO. The molecule has 8 nitrogen and oxygen atoms in total. The molecule has 3 N–H and O–H groups in total. The molecule has 0 aliphatic rings. The van der Waals surface area contributed by atoms with Gasteiger partial charge in [0.1, 0.15) is 0 Å². The Labute approximate surface area is 137 Å². The number of nitrogens with one attached hydrogen (secondary N) is 1. The molecule has 0 saturated carbocycles. The second kappa shape index (κ2) is 8.59. The second-order valence-electron chi connectivity index (χ2n) is 4.65. The maximum Gasteiger partial charge on any atom is 0.297 e. The van der Waals surface area contributed by atoms with Gasteiger partial charge in [0.05, 0.1) is 19.8 Å². The van der Waals surface area contributed by atoms with Crippen LogP contribution in [0.4, 0.5) is 0 Å². The van der Waals surface area contributed by atoms with Crippen LogP contribution in [-0.4, -0.2) is 21.1 Å². The number of rotatable bonds is 7. The molecule has 0 aliphatic carbocycles. The molecule has 2 rings (SSSR count). The molecule has 1 aromatic carbocycles. The first kappa shape index (κ1) is 17.4. The molecule has 0 atom stereocenters. The van der Waals surface area contributed by atoms with E-state index in [2.05, 4.69) is 10.5 Å². The lowest BCUT2D eigenvalue weighted by Crippen LogP contribution is -2.25. The summed E-state index contributed by atoms with van der Waals surface area (Å²) in [6, 6.07) is 9.18. The number of benzene rings is 1. The van der Waals surface area contributed by atoms with Crippen LogP contribution in [0.15, 0.2) is 36.5 Å². The zero-order valence-corrected chi connectivity index (χ0v) is 12.6. The number of hydroxylamine groups is 1. The van der Waals surface area contributed by atoms with Crippen LogP contribution in [0.25, 0.3) is 0 Å². The van der Waals surface area contributed by atoms with Crippen LogP contribution in [0.1, 0.15) is 27.2 Å². The molecule has 2 aromatic rings. The van der Waals surface area contributed by atoms with Gasteiger partial charge in [-0.1, -0.05) is 30.3 Å². The fourth-order valence-corrected chi connectivity index (χ4v) is 2.00. The third-order valence-corrected chi connectivity index (χ3v) is 3.16. The molecule has 1 aromatic heterocycles. The molecule has 24 heavy (non-hydrogen) atoms. The van der Waals surface area contributed by atoms with Gasteiger partial charge >= 0.3 is 0 Å². The lowest BCUT2D eigenvalue weighted by Gasteiger charge is -2.12. The van der Waals surface area contributed by atoms with Crippen molar-refractivity contribution >= 4 is 5.91 Å². The van der Waals surface area contributed by atoms with Crippen molar-refractivity contribution in [2.24, 2.45) is 0 Å². The van der Waals surface area contributed by atoms with Gasteiger partial charge in [-0.05, 0) is 5.56 Å². The fourth-order valence-electron chi connectivity index (χ4n) is 2.00. The lowest BCUT2D eigenvalue weighted by molar-refractivity contribution is 0.0227. The summed E-state index contributed by atoms with van der Waals surface area (Å²) in [6.45, 7) is -0.805. The molecular weight excluding hydrogens is 314 g/mol. The zero-order valence-electron chi connectivity index (χ0n) is 12.6. The highest BCUT2D eigenvalue weighted by molar-refractivity contribution is 5.94. The quantitative estimate of drug-likeness (QED) is 0.506. The smallest absolute Gasteiger partial charge is 0.297 e. The molecule has 1 amide bonds. The minimum atomic E-state index is -0.740. The Morgan fingerprint density at radius 3 is 2.62 bits per heavy atom. The van der Waals surface area contributed by atoms with Gasteiger partial charge in [0.2, 0.25) is 0 Å². The number of carbonyl (C=O) groups excluding carboxylic acids is 1. The summed E-state index contributed by atoms with van der Waals surface area (Å²) >= 11 is 0. The van der Waals surface area contributed by atoms with Crippen LogP contribution >= 0.6 is 0 Å². The number of aliphatic hydroxyl groups is 2. The maximum absolute atomic E-state index is 12.2. The molecule has 0 saturated heterocycles. The Balaban J connectivity index is 2.15. The van der Waals surface area contributed by atoms with Crippen molar-refractivity contribution < 1.29 is 24.6 Å². The van der Waals surface area contributed by atoms with Crippen LogP contribution in [0.5, 0.6) is 5.75 Å². The molecule has 1 heterocycles. The number of ether oxygens (including phenoxy) is 1. The van der Waals surface area contributed by atoms with Crippen LogP contribution in [0.2, 0.25) is 0 Å². The summed E-state index contributed by atoms with van der Waals surface area (Å²) in [5, 5.41) is 27.3. The largest absolute Gasteiger partial charge is 0.392 e.